The lowest BCUT2D eigenvalue weighted by molar-refractivity contribution is 0.383. The molecule has 16 heavy (non-hydrogen) atoms. The van der Waals surface area contributed by atoms with Gasteiger partial charge in [0.25, 0.3) is 0 Å². The van der Waals surface area contributed by atoms with Crippen LogP contribution in [0.3, 0.4) is 0 Å². The Bertz CT molecular complexity index is 207. The van der Waals surface area contributed by atoms with E-state index in [1.165, 1.54) is 51.4 Å². The second kappa shape index (κ2) is 6.30. The van der Waals surface area contributed by atoms with Gasteiger partial charge in [0.1, 0.15) is 0 Å². The van der Waals surface area contributed by atoms with Crippen molar-refractivity contribution in [3.63, 3.8) is 0 Å². The topological polar surface area (TPSA) is 12.0 Å². The van der Waals surface area contributed by atoms with Crippen molar-refractivity contribution in [3.05, 3.63) is 0 Å². The monoisotopic (exact) mass is 241 g/mol. The zero-order valence-corrected chi connectivity index (χ0v) is 11.7. The van der Waals surface area contributed by atoms with E-state index in [0.29, 0.717) is 0 Å². The Kier molecular flexibility index (Phi) is 5.02. The Balaban J connectivity index is 1.75. The molecule has 0 heterocycles. The van der Waals surface area contributed by atoms with Crippen LogP contribution in [0.25, 0.3) is 0 Å². The molecule has 2 aliphatic carbocycles. The highest BCUT2D eigenvalue weighted by molar-refractivity contribution is 8.00. The van der Waals surface area contributed by atoms with E-state index in [2.05, 4.69) is 31.1 Å². The summed E-state index contributed by atoms with van der Waals surface area (Å²) in [5.41, 5.74) is 0. The normalized spacial score (nSPS) is 40.9. The summed E-state index contributed by atoms with van der Waals surface area (Å²) >= 11 is 2.32. The SMILES string of the molecule is CNC1CCCC(SC2CCCC(C)C2)C1. The van der Waals surface area contributed by atoms with E-state index in [4.69, 9.17) is 0 Å². The third-order valence-electron chi connectivity index (χ3n) is 4.31. The lowest BCUT2D eigenvalue weighted by Crippen LogP contribution is -2.33. The first-order valence-electron chi connectivity index (χ1n) is 7.10. The molecule has 2 aliphatic rings. The van der Waals surface area contributed by atoms with Crippen LogP contribution in [0.5, 0.6) is 0 Å². The lowest BCUT2D eigenvalue weighted by Gasteiger charge is -2.33. The van der Waals surface area contributed by atoms with Crippen LogP contribution in [0, 0.1) is 5.92 Å². The fraction of sp³-hybridized carbons (Fsp3) is 1.00. The van der Waals surface area contributed by atoms with E-state index in [0.717, 1.165) is 22.5 Å². The van der Waals surface area contributed by atoms with Crippen molar-refractivity contribution < 1.29 is 0 Å². The van der Waals surface area contributed by atoms with Crippen LogP contribution in [0.4, 0.5) is 0 Å². The first kappa shape index (κ1) is 12.8. The fourth-order valence-electron chi connectivity index (χ4n) is 3.30. The average Bonchev–Trinajstić information content (AvgIpc) is 2.29. The van der Waals surface area contributed by atoms with Crippen LogP contribution >= 0.6 is 11.8 Å². The van der Waals surface area contributed by atoms with Crippen molar-refractivity contribution in [1.82, 2.24) is 5.32 Å². The Hall–Kier alpha value is 0.310. The highest BCUT2D eigenvalue weighted by atomic mass is 32.2. The quantitative estimate of drug-likeness (QED) is 0.806. The molecule has 0 saturated heterocycles. The van der Waals surface area contributed by atoms with Crippen molar-refractivity contribution in [3.8, 4) is 0 Å². The maximum Gasteiger partial charge on any atom is 0.00746 e. The van der Waals surface area contributed by atoms with Gasteiger partial charge in [0, 0.05) is 16.5 Å². The van der Waals surface area contributed by atoms with Gasteiger partial charge in [0.05, 0.1) is 0 Å². The summed E-state index contributed by atoms with van der Waals surface area (Å²) in [7, 11) is 2.13. The molecule has 0 spiro atoms. The largest absolute Gasteiger partial charge is 0.317 e. The van der Waals surface area contributed by atoms with Crippen LogP contribution in [0.15, 0.2) is 0 Å². The minimum Gasteiger partial charge on any atom is -0.317 e. The van der Waals surface area contributed by atoms with Gasteiger partial charge in [-0.05, 0) is 45.1 Å². The molecule has 2 fully saturated rings. The molecule has 2 saturated carbocycles. The Morgan fingerprint density at radius 2 is 1.62 bits per heavy atom. The molecule has 0 radical (unpaired) electrons. The molecule has 1 nitrogen and oxygen atoms in total. The number of hydrogen-bond acceptors (Lipinski definition) is 2. The number of thioether (sulfide) groups is 1. The molecule has 4 unspecified atom stereocenters. The number of rotatable bonds is 3. The van der Waals surface area contributed by atoms with Gasteiger partial charge in [-0.3, -0.25) is 0 Å². The van der Waals surface area contributed by atoms with Gasteiger partial charge >= 0.3 is 0 Å². The van der Waals surface area contributed by atoms with Gasteiger partial charge in [-0.2, -0.15) is 11.8 Å². The molecule has 2 heteroatoms. The van der Waals surface area contributed by atoms with E-state index in [1.807, 2.05) is 0 Å². The molecular formula is C14H27NS. The minimum atomic E-state index is 0.798. The van der Waals surface area contributed by atoms with Crippen molar-refractivity contribution in [1.29, 1.82) is 0 Å². The maximum atomic E-state index is 3.47. The predicted molar refractivity (Wildman–Crippen MR) is 74.1 cm³/mol. The van der Waals surface area contributed by atoms with E-state index < -0.39 is 0 Å². The molecule has 0 amide bonds. The molecule has 0 aromatic rings. The third kappa shape index (κ3) is 3.66. The summed E-state index contributed by atoms with van der Waals surface area (Å²) in [4.78, 5) is 0. The molecule has 0 aromatic carbocycles. The second-order valence-corrected chi connectivity index (χ2v) is 7.41. The standard InChI is InChI=1S/C14H27NS/c1-11-5-3-7-13(9-11)16-14-8-4-6-12(10-14)15-2/h11-15H,3-10H2,1-2H3. The molecule has 1 N–H and O–H groups in total. The lowest BCUT2D eigenvalue weighted by atomic mass is 9.90. The number of nitrogens with one attached hydrogen (secondary N) is 1. The molecule has 2 rings (SSSR count). The van der Waals surface area contributed by atoms with Gasteiger partial charge in [-0.25, -0.2) is 0 Å². The average molecular weight is 241 g/mol. The maximum absolute atomic E-state index is 3.47. The highest BCUT2D eigenvalue weighted by Gasteiger charge is 2.26. The first-order valence-corrected chi connectivity index (χ1v) is 8.05. The zero-order valence-electron chi connectivity index (χ0n) is 10.9. The Morgan fingerprint density at radius 3 is 2.31 bits per heavy atom. The van der Waals surface area contributed by atoms with Crippen molar-refractivity contribution >= 4 is 11.8 Å². The Labute approximate surface area is 105 Å². The van der Waals surface area contributed by atoms with Gasteiger partial charge in [0.15, 0.2) is 0 Å². The summed E-state index contributed by atoms with van der Waals surface area (Å²) in [6.45, 7) is 2.43. The van der Waals surface area contributed by atoms with Gasteiger partial charge in [-0.15, -0.1) is 0 Å². The summed E-state index contributed by atoms with van der Waals surface area (Å²) < 4.78 is 0. The van der Waals surface area contributed by atoms with Crippen LogP contribution in [-0.4, -0.2) is 23.6 Å². The van der Waals surface area contributed by atoms with Crippen molar-refractivity contribution in [2.75, 3.05) is 7.05 Å². The van der Waals surface area contributed by atoms with Gasteiger partial charge in [-0.1, -0.05) is 26.2 Å². The smallest absolute Gasteiger partial charge is 0.00746 e. The van der Waals surface area contributed by atoms with Gasteiger partial charge < -0.3 is 5.32 Å². The molecular weight excluding hydrogens is 214 g/mol. The van der Waals surface area contributed by atoms with E-state index in [9.17, 15) is 0 Å². The summed E-state index contributed by atoms with van der Waals surface area (Å²) in [6, 6.07) is 0.798. The minimum absolute atomic E-state index is 0.798. The first-order chi connectivity index (χ1) is 7.78. The van der Waals surface area contributed by atoms with E-state index in [-0.39, 0.29) is 0 Å². The summed E-state index contributed by atoms with van der Waals surface area (Å²) in [5.74, 6) is 0.981. The Morgan fingerprint density at radius 1 is 0.938 bits per heavy atom. The van der Waals surface area contributed by atoms with E-state index in [1.54, 1.807) is 0 Å². The van der Waals surface area contributed by atoms with Crippen LogP contribution in [-0.2, 0) is 0 Å². The van der Waals surface area contributed by atoms with Crippen LogP contribution in [0.1, 0.15) is 58.3 Å². The highest BCUT2D eigenvalue weighted by Crippen LogP contribution is 2.38. The fourth-order valence-corrected chi connectivity index (χ4v) is 5.24. The zero-order chi connectivity index (χ0) is 11.4. The summed E-state index contributed by atoms with van der Waals surface area (Å²) in [6.07, 6.45) is 11.6. The van der Waals surface area contributed by atoms with Crippen LogP contribution in [0.2, 0.25) is 0 Å². The number of hydrogen-bond donors (Lipinski definition) is 1. The summed E-state index contributed by atoms with van der Waals surface area (Å²) in [5, 5.41) is 5.39. The van der Waals surface area contributed by atoms with Crippen molar-refractivity contribution in [2.24, 2.45) is 5.92 Å². The molecule has 0 bridgehead atoms. The molecule has 0 aliphatic heterocycles. The van der Waals surface area contributed by atoms with Crippen LogP contribution < -0.4 is 5.32 Å². The predicted octanol–water partition coefficient (Wildman–Crippen LogP) is 3.83. The molecule has 4 atom stereocenters. The second-order valence-electron chi connectivity index (χ2n) is 5.80. The van der Waals surface area contributed by atoms with Gasteiger partial charge in [0.2, 0.25) is 0 Å². The molecule has 0 aromatic heterocycles. The van der Waals surface area contributed by atoms with E-state index >= 15 is 0 Å². The molecule has 94 valence electrons. The third-order valence-corrected chi connectivity index (χ3v) is 5.93. The van der Waals surface area contributed by atoms with Crippen molar-refractivity contribution in [2.45, 2.75) is 74.8 Å².